The highest BCUT2D eigenvalue weighted by Crippen LogP contribution is 2.66. The molecular formula is C13H25BO2. The Morgan fingerprint density at radius 2 is 1.56 bits per heavy atom. The summed E-state index contributed by atoms with van der Waals surface area (Å²) in [5.41, 5.74) is 0.385. The van der Waals surface area contributed by atoms with E-state index in [1.807, 2.05) is 0 Å². The first-order valence-corrected chi connectivity index (χ1v) is 6.39. The van der Waals surface area contributed by atoms with Gasteiger partial charge in [0.15, 0.2) is 0 Å². The maximum Gasteiger partial charge on any atom is 0.297 e. The molecule has 92 valence electrons. The maximum absolute atomic E-state index is 6.14. The van der Waals surface area contributed by atoms with Crippen LogP contribution in [0.4, 0.5) is 0 Å². The Morgan fingerprint density at radius 3 is 2.12 bits per heavy atom. The summed E-state index contributed by atoms with van der Waals surface area (Å²) in [5.74, 6) is 0.518. The zero-order valence-corrected chi connectivity index (χ0v) is 11.8. The SMILES string of the molecule is CB1OC(C)(C)COC2C1C(C)(C)C2(C)C. The zero-order valence-electron chi connectivity index (χ0n) is 11.8. The number of hydrogen-bond donors (Lipinski definition) is 0. The van der Waals surface area contributed by atoms with Crippen LogP contribution < -0.4 is 0 Å². The van der Waals surface area contributed by atoms with Gasteiger partial charge in [-0.2, -0.15) is 0 Å². The molecule has 2 rings (SSSR count). The summed E-state index contributed by atoms with van der Waals surface area (Å²) in [6.07, 6.45) is 0.347. The van der Waals surface area contributed by atoms with Gasteiger partial charge in [-0.15, -0.1) is 0 Å². The molecule has 2 aliphatic rings. The number of rotatable bonds is 0. The Hall–Kier alpha value is -0.0151. The summed E-state index contributed by atoms with van der Waals surface area (Å²) in [7, 11) is 0. The van der Waals surface area contributed by atoms with Crippen LogP contribution in [0.15, 0.2) is 0 Å². The van der Waals surface area contributed by atoms with Gasteiger partial charge >= 0.3 is 0 Å². The van der Waals surface area contributed by atoms with E-state index in [-0.39, 0.29) is 23.3 Å². The summed E-state index contributed by atoms with van der Waals surface area (Å²) in [6.45, 7) is 16.8. The van der Waals surface area contributed by atoms with Crippen molar-refractivity contribution >= 4 is 6.92 Å². The molecule has 1 aliphatic heterocycles. The van der Waals surface area contributed by atoms with Gasteiger partial charge in [-0.3, -0.25) is 0 Å². The third-order valence-corrected chi connectivity index (χ3v) is 5.15. The third-order valence-electron chi connectivity index (χ3n) is 5.15. The molecule has 16 heavy (non-hydrogen) atoms. The van der Waals surface area contributed by atoms with Gasteiger partial charge in [0, 0.05) is 0 Å². The highest BCUT2D eigenvalue weighted by atomic mass is 16.5. The molecule has 2 atom stereocenters. The Morgan fingerprint density at radius 1 is 1.00 bits per heavy atom. The second kappa shape index (κ2) is 3.26. The van der Waals surface area contributed by atoms with E-state index in [2.05, 4.69) is 48.4 Å². The molecule has 2 unspecified atom stereocenters. The van der Waals surface area contributed by atoms with Gasteiger partial charge in [0.2, 0.25) is 0 Å². The van der Waals surface area contributed by atoms with Crippen molar-refractivity contribution < 1.29 is 9.39 Å². The van der Waals surface area contributed by atoms with Crippen molar-refractivity contribution in [3.8, 4) is 0 Å². The highest BCUT2D eigenvalue weighted by molar-refractivity contribution is 6.53. The van der Waals surface area contributed by atoms with Gasteiger partial charge in [-0.1, -0.05) is 34.5 Å². The molecule has 2 nitrogen and oxygen atoms in total. The van der Waals surface area contributed by atoms with Crippen LogP contribution in [0.5, 0.6) is 0 Å². The van der Waals surface area contributed by atoms with Gasteiger partial charge in [0.05, 0.1) is 18.3 Å². The number of hydrogen-bond acceptors (Lipinski definition) is 2. The molecule has 1 aliphatic carbocycles. The summed E-state index contributed by atoms with van der Waals surface area (Å²) < 4.78 is 12.2. The molecule has 0 aromatic rings. The first-order chi connectivity index (χ1) is 7.09. The fourth-order valence-electron chi connectivity index (χ4n) is 3.57. The van der Waals surface area contributed by atoms with E-state index >= 15 is 0 Å². The van der Waals surface area contributed by atoms with Gasteiger partial charge in [-0.25, -0.2) is 0 Å². The van der Waals surface area contributed by atoms with Gasteiger partial charge in [0.25, 0.3) is 6.92 Å². The van der Waals surface area contributed by atoms with Crippen molar-refractivity contribution in [1.29, 1.82) is 0 Å². The predicted molar refractivity (Wildman–Crippen MR) is 67.8 cm³/mol. The standard InChI is InChI=1S/C13H25BO2/c1-11(2)8-15-10-9(14(7)16-11)12(3,4)13(10,5)6/h9-10H,8H2,1-7H3. The number of fused-ring (bicyclic) bond motifs is 1. The molecular weight excluding hydrogens is 199 g/mol. The Labute approximate surface area is 100 Å². The monoisotopic (exact) mass is 224 g/mol. The molecule has 1 saturated carbocycles. The van der Waals surface area contributed by atoms with E-state index in [0.717, 1.165) is 0 Å². The van der Waals surface area contributed by atoms with E-state index in [1.54, 1.807) is 0 Å². The van der Waals surface area contributed by atoms with Crippen LogP contribution in [0.25, 0.3) is 0 Å². The molecule has 0 aromatic carbocycles. The third kappa shape index (κ3) is 1.47. The predicted octanol–water partition coefficient (Wildman–Crippen LogP) is 3.24. The molecule has 0 bridgehead atoms. The lowest BCUT2D eigenvalue weighted by Crippen LogP contribution is -2.64. The molecule has 3 heteroatoms. The first kappa shape index (κ1) is 12.4. The summed E-state index contributed by atoms with van der Waals surface area (Å²) in [5, 5.41) is 0. The molecule has 2 fully saturated rings. The molecule has 0 aromatic heterocycles. The van der Waals surface area contributed by atoms with E-state index in [4.69, 9.17) is 9.39 Å². The number of ether oxygens (including phenoxy) is 1. The molecule has 1 saturated heterocycles. The van der Waals surface area contributed by atoms with Crippen molar-refractivity contribution in [3.63, 3.8) is 0 Å². The summed E-state index contributed by atoms with van der Waals surface area (Å²) in [6, 6.07) is 0. The Balaban J connectivity index is 2.28. The van der Waals surface area contributed by atoms with Crippen LogP contribution in [-0.4, -0.2) is 25.2 Å². The highest BCUT2D eigenvalue weighted by Gasteiger charge is 2.66. The van der Waals surface area contributed by atoms with E-state index in [0.29, 0.717) is 18.5 Å². The Kier molecular flexibility index (Phi) is 2.53. The lowest BCUT2D eigenvalue weighted by molar-refractivity contribution is -0.184. The van der Waals surface area contributed by atoms with Crippen LogP contribution in [0, 0.1) is 10.8 Å². The smallest absolute Gasteiger partial charge is 0.297 e. The van der Waals surface area contributed by atoms with Crippen LogP contribution >= 0.6 is 0 Å². The quantitative estimate of drug-likeness (QED) is 0.588. The van der Waals surface area contributed by atoms with E-state index in [9.17, 15) is 0 Å². The zero-order chi connectivity index (χ0) is 12.4. The molecule has 0 radical (unpaired) electrons. The fraction of sp³-hybridized carbons (Fsp3) is 1.00. The van der Waals surface area contributed by atoms with Crippen LogP contribution in [-0.2, 0) is 9.39 Å². The lowest BCUT2D eigenvalue weighted by atomic mass is 9.31. The second-order valence-electron chi connectivity index (χ2n) is 7.28. The van der Waals surface area contributed by atoms with Crippen molar-refractivity contribution in [3.05, 3.63) is 0 Å². The average Bonchev–Trinajstić information content (AvgIpc) is 2.19. The largest absolute Gasteiger partial charge is 0.429 e. The summed E-state index contributed by atoms with van der Waals surface area (Å²) >= 11 is 0. The second-order valence-corrected chi connectivity index (χ2v) is 7.28. The van der Waals surface area contributed by atoms with Crippen molar-refractivity contribution in [2.24, 2.45) is 10.8 Å². The maximum atomic E-state index is 6.14. The van der Waals surface area contributed by atoms with E-state index in [1.165, 1.54) is 0 Å². The van der Waals surface area contributed by atoms with Crippen molar-refractivity contribution in [1.82, 2.24) is 0 Å². The molecule has 0 amide bonds. The van der Waals surface area contributed by atoms with Gasteiger partial charge in [-0.05, 0) is 30.5 Å². The average molecular weight is 224 g/mol. The minimum atomic E-state index is -0.150. The molecule has 0 spiro atoms. The van der Waals surface area contributed by atoms with Crippen molar-refractivity contribution in [2.45, 2.75) is 65.9 Å². The van der Waals surface area contributed by atoms with Crippen LogP contribution in [0.3, 0.4) is 0 Å². The molecule has 1 heterocycles. The Bertz CT molecular complexity index is 296. The normalized spacial score (nSPS) is 39.6. The van der Waals surface area contributed by atoms with Gasteiger partial charge in [0.1, 0.15) is 0 Å². The van der Waals surface area contributed by atoms with Crippen molar-refractivity contribution in [2.75, 3.05) is 6.61 Å². The first-order valence-electron chi connectivity index (χ1n) is 6.39. The van der Waals surface area contributed by atoms with E-state index < -0.39 is 0 Å². The summed E-state index contributed by atoms with van der Waals surface area (Å²) in [4.78, 5) is 0. The minimum absolute atomic E-state index is 0.150. The minimum Gasteiger partial charge on any atom is -0.429 e. The topological polar surface area (TPSA) is 18.5 Å². The lowest BCUT2D eigenvalue weighted by Gasteiger charge is -2.64. The fourth-order valence-corrected chi connectivity index (χ4v) is 3.57. The van der Waals surface area contributed by atoms with Gasteiger partial charge < -0.3 is 9.39 Å². The van der Waals surface area contributed by atoms with Crippen LogP contribution in [0.1, 0.15) is 41.5 Å². The molecule has 0 N–H and O–H groups in total. The van der Waals surface area contributed by atoms with Crippen LogP contribution in [0.2, 0.25) is 12.6 Å².